The standard InChI is InChI=1S/C9H6N4OS/c10-1-5-2-11-13-7-4-15-3-6(7)9(14)12-8(5)13/h2H,3-4H2,(H,12,14). The molecule has 0 radical (unpaired) electrons. The van der Waals surface area contributed by atoms with E-state index in [2.05, 4.69) is 10.1 Å². The largest absolute Gasteiger partial charge is 0.306 e. The van der Waals surface area contributed by atoms with Gasteiger partial charge in [-0.1, -0.05) is 0 Å². The van der Waals surface area contributed by atoms with Crippen molar-refractivity contribution in [2.24, 2.45) is 0 Å². The van der Waals surface area contributed by atoms with Gasteiger partial charge in [0.1, 0.15) is 11.6 Å². The average Bonchev–Trinajstić information content (AvgIpc) is 2.81. The minimum absolute atomic E-state index is 0.0977. The zero-order valence-electron chi connectivity index (χ0n) is 7.65. The zero-order chi connectivity index (χ0) is 10.4. The SMILES string of the molecule is N#Cc1cnn2c3c(c(=O)[nH]c12)CSC3. The molecular weight excluding hydrogens is 212 g/mol. The van der Waals surface area contributed by atoms with Crippen molar-refractivity contribution < 1.29 is 0 Å². The van der Waals surface area contributed by atoms with Crippen LogP contribution in [0.3, 0.4) is 0 Å². The summed E-state index contributed by atoms with van der Waals surface area (Å²) in [5.74, 6) is 1.50. The van der Waals surface area contributed by atoms with Crippen LogP contribution in [0.4, 0.5) is 0 Å². The summed E-state index contributed by atoms with van der Waals surface area (Å²) in [6, 6.07) is 2.01. The number of hydrogen-bond donors (Lipinski definition) is 1. The van der Waals surface area contributed by atoms with Crippen LogP contribution in [-0.4, -0.2) is 14.6 Å². The van der Waals surface area contributed by atoms with Gasteiger partial charge in [-0.25, -0.2) is 4.52 Å². The van der Waals surface area contributed by atoms with Gasteiger partial charge in [-0.15, -0.1) is 0 Å². The van der Waals surface area contributed by atoms with Crippen LogP contribution in [0.15, 0.2) is 11.0 Å². The van der Waals surface area contributed by atoms with E-state index in [1.165, 1.54) is 6.20 Å². The molecule has 1 N–H and O–H groups in total. The highest BCUT2D eigenvalue weighted by Gasteiger charge is 2.20. The van der Waals surface area contributed by atoms with Gasteiger partial charge in [0.25, 0.3) is 5.56 Å². The Balaban J connectivity index is 2.51. The Kier molecular flexibility index (Phi) is 1.64. The third-order valence-corrected chi connectivity index (χ3v) is 3.46. The second-order valence-corrected chi connectivity index (χ2v) is 4.29. The number of hydrogen-bond acceptors (Lipinski definition) is 4. The Bertz CT molecular complexity index is 648. The summed E-state index contributed by atoms with van der Waals surface area (Å²) in [5, 5.41) is 12.9. The molecule has 0 amide bonds. The molecule has 0 saturated heterocycles. The molecule has 0 fully saturated rings. The number of rotatable bonds is 0. The van der Waals surface area contributed by atoms with Crippen LogP contribution in [0.2, 0.25) is 0 Å². The molecular formula is C9H6N4OS. The van der Waals surface area contributed by atoms with Gasteiger partial charge >= 0.3 is 0 Å². The van der Waals surface area contributed by atoms with E-state index in [1.54, 1.807) is 16.3 Å². The van der Waals surface area contributed by atoms with Gasteiger partial charge in [0, 0.05) is 17.1 Å². The summed E-state index contributed by atoms with van der Waals surface area (Å²) in [6.45, 7) is 0. The van der Waals surface area contributed by atoms with E-state index in [4.69, 9.17) is 5.26 Å². The second-order valence-electron chi connectivity index (χ2n) is 3.30. The summed E-state index contributed by atoms with van der Waals surface area (Å²) >= 11 is 1.68. The molecule has 0 atom stereocenters. The van der Waals surface area contributed by atoms with E-state index in [1.807, 2.05) is 6.07 Å². The molecule has 2 aromatic rings. The van der Waals surface area contributed by atoms with Gasteiger partial charge < -0.3 is 4.98 Å². The van der Waals surface area contributed by atoms with Crippen LogP contribution in [0.5, 0.6) is 0 Å². The van der Waals surface area contributed by atoms with Crippen molar-refractivity contribution in [2.75, 3.05) is 0 Å². The number of H-pyrrole nitrogens is 1. The van der Waals surface area contributed by atoms with Gasteiger partial charge in [-0.3, -0.25) is 4.79 Å². The van der Waals surface area contributed by atoms with Crippen LogP contribution >= 0.6 is 11.8 Å². The Hall–Kier alpha value is -1.74. The smallest absolute Gasteiger partial charge is 0.255 e. The maximum Gasteiger partial charge on any atom is 0.255 e. The van der Waals surface area contributed by atoms with Gasteiger partial charge in [0.15, 0.2) is 5.65 Å². The highest BCUT2D eigenvalue weighted by Crippen LogP contribution is 2.27. The van der Waals surface area contributed by atoms with Gasteiger partial charge in [-0.2, -0.15) is 22.1 Å². The lowest BCUT2D eigenvalue weighted by molar-refractivity contribution is 0.871. The number of aromatic nitrogens is 3. The molecule has 1 aliphatic heterocycles. The first-order valence-corrected chi connectivity index (χ1v) is 5.56. The number of nitriles is 1. The maximum atomic E-state index is 11.7. The van der Waals surface area contributed by atoms with Crippen molar-refractivity contribution in [3.05, 3.63) is 33.4 Å². The molecule has 0 bridgehead atoms. The molecule has 0 aliphatic carbocycles. The molecule has 3 rings (SSSR count). The van der Waals surface area contributed by atoms with Crippen molar-refractivity contribution in [1.82, 2.24) is 14.6 Å². The number of fused-ring (bicyclic) bond motifs is 3. The van der Waals surface area contributed by atoms with E-state index in [0.717, 1.165) is 22.8 Å². The molecule has 0 spiro atoms. The lowest BCUT2D eigenvalue weighted by Crippen LogP contribution is -2.16. The number of thioether (sulfide) groups is 1. The van der Waals surface area contributed by atoms with Crippen LogP contribution in [0, 0.1) is 11.3 Å². The Labute approximate surface area is 88.7 Å². The molecule has 2 aromatic heterocycles. The molecule has 0 aromatic carbocycles. The van der Waals surface area contributed by atoms with E-state index in [9.17, 15) is 4.79 Å². The molecule has 0 unspecified atom stereocenters. The van der Waals surface area contributed by atoms with Crippen LogP contribution in [0.25, 0.3) is 5.65 Å². The van der Waals surface area contributed by atoms with Crippen molar-refractivity contribution in [2.45, 2.75) is 11.5 Å². The molecule has 3 heterocycles. The molecule has 6 heteroatoms. The number of nitrogens with one attached hydrogen (secondary N) is 1. The fourth-order valence-electron chi connectivity index (χ4n) is 1.74. The van der Waals surface area contributed by atoms with Crippen molar-refractivity contribution in [3.63, 3.8) is 0 Å². The lowest BCUT2D eigenvalue weighted by Gasteiger charge is -2.00. The topological polar surface area (TPSA) is 74.0 Å². The number of nitrogens with zero attached hydrogens (tertiary/aromatic N) is 3. The van der Waals surface area contributed by atoms with Gasteiger partial charge in [0.2, 0.25) is 0 Å². The van der Waals surface area contributed by atoms with Gasteiger partial charge in [-0.05, 0) is 0 Å². The number of aromatic amines is 1. The third-order valence-electron chi connectivity index (χ3n) is 2.48. The van der Waals surface area contributed by atoms with E-state index < -0.39 is 0 Å². The van der Waals surface area contributed by atoms with Crippen LogP contribution in [0.1, 0.15) is 16.8 Å². The van der Waals surface area contributed by atoms with E-state index >= 15 is 0 Å². The van der Waals surface area contributed by atoms with E-state index in [-0.39, 0.29) is 5.56 Å². The summed E-state index contributed by atoms with van der Waals surface area (Å²) in [6.07, 6.45) is 1.48. The highest BCUT2D eigenvalue weighted by molar-refractivity contribution is 7.98. The normalized spacial score (nSPS) is 14.1. The Morgan fingerprint density at radius 2 is 2.47 bits per heavy atom. The molecule has 74 valence electrons. The van der Waals surface area contributed by atoms with E-state index in [0.29, 0.717) is 11.2 Å². The Morgan fingerprint density at radius 3 is 3.27 bits per heavy atom. The van der Waals surface area contributed by atoms with Crippen LogP contribution in [-0.2, 0) is 11.5 Å². The summed E-state index contributed by atoms with van der Waals surface area (Å²) < 4.78 is 1.66. The van der Waals surface area contributed by atoms with Crippen LogP contribution < -0.4 is 5.56 Å². The van der Waals surface area contributed by atoms with Crippen molar-refractivity contribution >= 4 is 17.4 Å². The lowest BCUT2D eigenvalue weighted by atomic mass is 10.2. The Morgan fingerprint density at radius 1 is 1.60 bits per heavy atom. The summed E-state index contributed by atoms with van der Waals surface area (Å²) in [7, 11) is 0. The first kappa shape index (κ1) is 8.56. The predicted molar refractivity (Wildman–Crippen MR) is 55.5 cm³/mol. The highest BCUT2D eigenvalue weighted by atomic mass is 32.2. The zero-order valence-corrected chi connectivity index (χ0v) is 8.47. The molecule has 1 aliphatic rings. The molecule has 15 heavy (non-hydrogen) atoms. The quantitative estimate of drug-likeness (QED) is 0.704. The third kappa shape index (κ3) is 1.04. The summed E-state index contributed by atoms with van der Waals surface area (Å²) in [5.41, 5.74) is 2.51. The van der Waals surface area contributed by atoms with Gasteiger partial charge in [0.05, 0.1) is 11.9 Å². The fourth-order valence-corrected chi connectivity index (χ4v) is 2.84. The molecule has 5 nitrogen and oxygen atoms in total. The first-order valence-electron chi connectivity index (χ1n) is 4.41. The van der Waals surface area contributed by atoms with Crippen molar-refractivity contribution in [1.29, 1.82) is 5.26 Å². The van der Waals surface area contributed by atoms with Crippen molar-refractivity contribution in [3.8, 4) is 6.07 Å². The molecule has 0 saturated carbocycles. The maximum absolute atomic E-state index is 11.7. The predicted octanol–water partition coefficient (Wildman–Crippen LogP) is 0.641. The summed E-state index contributed by atoms with van der Waals surface area (Å²) in [4.78, 5) is 14.4. The average molecular weight is 218 g/mol. The minimum atomic E-state index is -0.0977. The minimum Gasteiger partial charge on any atom is -0.306 e. The first-order chi connectivity index (χ1) is 7.31. The second kappa shape index (κ2) is 2.87. The monoisotopic (exact) mass is 218 g/mol. The fraction of sp³-hybridized carbons (Fsp3) is 0.222.